The van der Waals surface area contributed by atoms with Crippen LogP contribution in [-0.4, -0.2) is 70.0 Å². The van der Waals surface area contributed by atoms with E-state index >= 15 is 0 Å². The molecule has 0 aliphatic heterocycles. The third-order valence-corrected chi connectivity index (χ3v) is 9.46. The van der Waals surface area contributed by atoms with Gasteiger partial charge in [-0.2, -0.15) is 0 Å². The molecule has 0 N–H and O–H groups in total. The van der Waals surface area contributed by atoms with Crippen molar-refractivity contribution in [2.75, 3.05) is 47.5 Å². The number of nitrogens with zero attached hydrogens (tertiary/aromatic N) is 1. The van der Waals surface area contributed by atoms with E-state index in [1.807, 2.05) is 51.5 Å². The Kier molecular flexibility index (Phi) is 35.9. The summed E-state index contributed by atoms with van der Waals surface area (Å²) < 4.78 is 33.8. The Morgan fingerprint density at radius 2 is 1.09 bits per heavy atom. The van der Waals surface area contributed by atoms with Crippen LogP contribution in [0.1, 0.15) is 142 Å². The van der Waals surface area contributed by atoms with Crippen LogP contribution in [0, 0.1) is 0 Å². The molecule has 2 atom stereocenters. The van der Waals surface area contributed by atoms with Crippen molar-refractivity contribution in [3.8, 4) is 0 Å². The van der Waals surface area contributed by atoms with Crippen molar-refractivity contribution < 1.29 is 42.1 Å². The summed E-state index contributed by atoms with van der Waals surface area (Å²) in [5.41, 5.74) is 0. The van der Waals surface area contributed by atoms with Gasteiger partial charge in [0.05, 0.1) is 27.7 Å². The Hall–Kier alpha value is -2.81. The van der Waals surface area contributed by atoms with E-state index in [0.29, 0.717) is 23.9 Å². The maximum Gasteiger partial charge on any atom is 0.306 e. The van der Waals surface area contributed by atoms with E-state index in [1.54, 1.807) is 0 Å². The van der Waals surface area contributed by atoms with Crippen LogP contribution in [0.4, 0.5) is 0 Å². The molecule has 10 heteroatoms. The van der Waals surface area contributed by atoms with E-state index in [0.717, 1.165) is 77.0 Å². The number of unbranched alkanes of at least 4 members (excludes halogenated alkanes) is 12. The lowest BCUT2D eigenvalue weighted by Gasteiger charge is -2.28. The third kappa shape index (κ3) is 40.8. The number of likely N-dealkylation sites (N-methyl/N-ethyl adjacent to an activating group) is 1. The summed E-state index contributed by atoms with van der Waals surface area (Å²) in [6, 6.07) is 0. The van der Waals surface area contributed by atoms with Gasteiger partial charge in [-0.15, -0.1) is 0 Å². The first kappa shape index (κ1) is 53.2. The number of carbonyl (C=O) groups is 2. The van der Waals surface area contributed by atoms with Gasteiger partial charge in [-0.25, -0.2) is 0 Å². The molecule has 0 saturated heterocycles. The van der Waals surface area contributed by atoms with Gasteiger partial charge in [0, 0.05) is 12.8 Å². The van der Waals surface area contributed by atoms with Crippen molar-refractivity contribution in [2.24, 2.45) is 0 Å². The molecule has 0 amide bonds. The number of carbonyl (C=O) groups excluding carboxylic acids is 2. The summed E-state index contributed by atoms with van der Waals surface area (Å²) >= 11 is 0. The Bertz CT molecular complexity index is 1230. The van der Waals surface area contributed by atoms with Crippen molar-refractivity contribution >= 4 is 19.8 Å². The molecule has 56 heavy (non-hydrogen) atoms. The number of quaternary nitrogens is 1. The number of phosphoric acid groups is 1. The Morgan fingerprint density at radius 1 is 0.589 bits per heavy atom. The molecular formula is C46H78NO8P. The van der Waals surface area contributed by atoms with Crippen molar-refractivity contribution in [3.05, 3.63) is 85.1 Å². The Labute approximate surface area is 341 Å². The molecule has 0 rings (SSSR count). The van der Waals surface area contributed by atoms with Crippen LogP contribution in [-0.2, 0) is 32.7 Å². The molecule has 0 heterocycles. The van der Waals surface area contributed by atoms with E-state index in [2.05, 4.69) is 68.5 Å². The zero-order valence-electron chi connectivity index (χ0n) is 35.8. The van der Waals surface area contributed by atoms with E-state index < -0.39 is 32.5 Å². The molecule has 320 valence electrons. The smallest absolute Gasteiger partial charge is 0.306 e. The summed E-state index contributed by atoms with van der Waals surface area (Å²) in [5, 5.41) is 0. The zero-order valence-corrected chi connectivity index (χ0v) is 36.7. The van der Waals surface area contributed by atoms with E-state index in [4.69, 9.17) is 18.5 Å². The lowest BCUT2D eigenvalue weighted by molar-refractivity contribution is -0.870. The van der Waals surface area contributed by atoms with Gasteiger partial charge in [-0.05, 0) is 70.6 Å². The van der Waals surface area contributed by atoms with Gasteiger partial charge in [0.1, 0.15) is 19.8 Å². The summed E-state index contributed by atoms with van der Waals surface area (Å²) in [4.78, 5) is 37.5. The highest BCUT2D eigenvalue weighted by Crippen LogP contribution is 2.38. The molecule has 0 radical (unpaired) electrons. The average Bonchev–Trinajstić information content (AvgIpc) is 3.15. The van der Waals surface area contributed by atoms with Crippen LogP contribution >= 0.6 is 7.82 Å². The largest absolute Gasteiger partial charge is 0.756 e. The third-order valence-electron chi connectivity index (χ3n) is 8.49. The first-order valence-corrected chi connectivity index (χ1v) is 22.8. The summed E-state index contributed by atoms with van der Waals surface area (Å²) in [6.45, 7) is 3.98. The molecule has 1 unspecified atom stereocenters. The van der Waals surface area contributed by atoms with E-state index in [-0.39, 0.29) is 26.1 Å². The number of rotatable bonds is 37. The number of ether oxygens (including phenoxy) is 2. The van der Waals surface area contributed by atoms with Gasteiger partial charge in [0.25, 0.3) is 7.82 Å². The lowest BCUT2D eigenvalue weighted by Crippen LogP contribution is -2.37. The molecule has 0 aliphatic rings. The number of phosphoric ester groups is 1. The van der Waals surface area contributed by atoms with Crippen LogP contribution < -0.4 is 4.89 Å². The summed E-state index contributed by atoms with van der Waals surface area (Å²) in [6.07, 6.45) is 47.5. The Balaban J connectivity index is 4.49. The predicted molar refractivity (Wildman–Crippen MR) is 231 cm³/mol. The van der Waals surface area contributed by atoms with Gasteiger partial charge in [-0.1, -0.05) is 144 Å². The van der Waals surface area contributed by atoms with Gasteiger partial charge in [-0.3, -0.25) is 14.2 Å². The zero-order chi connectivity index (χ0) is 41.4. The van der Waals surface area contributed by atoms with Gasteiger partial charge >= 0.3 is 11.9 Å². The second-order valence-electron chi connectivity index (χ2n) is 15.1. The van der Waals surface area contributed by atoms with Crippen LogP contribution in [0.15, 0.2) is 85.1 Å². The van der Waals surface area contributed by atoms with Crippen LogP contribution in [0.2, 0.25) is 0 Å². The van der Waals surface area contributed by atoms with Crippen LogP contribution in [0.5, 0.6) is 0 Å². The minimum absolute atomic E-state index is 0.0447. The minimum atomic E-state index is -4.64. The normalized spacial score (nSPS) is 14.5. The highest BCUT2D eigenvalue weighted by Gasteiger charge is 2.21. The fourth-order valence-electron chi connectivity index (χ4n) is 5.14. The molecule has 0 aromatic rings. The SMILES string of the molecule is CC/C=C/C=C/C=C/C=C/CCCCCCCC(=O)OC[C@H](COP(=O)([O-])OCC[N+](C)(C)C)OC(=O)CCCCCC/C=C/C/C=C/C/C=C/CCCCC. The predicted octanol–water partition coefficient (Wildman–Crippen LogP) is 11.4. The highest BCUT2D eigenvalue weighted by atomic mass is 31.2. The van der Waals surface area contributed by atoms with Crippen molar-refractivity contribution in [1.29, 1.82) is 0 Å². The maximum absolute atomic E-state index is 12.7. The Morgan fingerprint density at radius 3 is 1.68 bits per heavy atom. The molecule has 0 aromatic carbocycles. The second-order valence-corrected chi connectivity index (χ2v) is 16.5. The van der Waals surface area contributed by atoms with E-state index in [1.165, 1.54) is 25.7 Å². The molecule has 0 bridgehead atoms. The first-order valence-electron chi connectivity index (χ1n) is 21.3. The molecular weight excluding hydrogens is 725 g/mol. The lowest BCUT2D eigenvalue weighted by atomic mass is 10.1. The van der Waals surface area contributed by atoms with Gasteiger partial charge in [0.15, 0.2) is 6.10 Å². The van der Waals surface area contributed by atoms with Crippen molar-refractivity contribution in [1.82, 2.24) is 0 Å². The number of hydrogen-bond donors (Lipinski definition) is 0. The number of hydrogen-bond acceptors (Lipinski definition) is 8. The van der Waals surface area contributed by atoms with Crippen LogP contribution in [0.25, 0.3) is 0 Å². The molecule has 0 fully saturated rings. The molecule has 0 aliphatic carbocycles. The van der Waals surface area contributed by atoms with Crippen molar-refractivity contribution in [3.63, 3.8) is 0 Å². The molecule has 0 aromatic heterocycles. The second kappa shape index (κ2) is 37.7. The minimum Gasteiger partial charge on any atom is -0.756 e. The molecule has 9 nitrogen and oxygen atoms in total. The fraction of sp³-hybridized carbons (Fsp3) is 0.652. The molecule has 0 spiro atoms. The van der Waals surface area contributed by atoms with Crippen molar-refractivity contribution in [2.45, 2.75) is 148 Å². The highest BCUT2D eigenvalue weighted by molar-refractivity contribution is 7.45. The standard InChI is InChI=1S/C46H78NO8P/c1-6-8-10-12-14-16-18-20-22-23-25-27-29-31-33-35-37-39-46(49)55-44(43-54-56(50,51)53-41-40-47(3,4)5)42-52-45(48)38-36-34-32-30-28-26-24-21-19-17-15-13-11-9-7-2/h9,11,13-17,19-22,24-25,27,44H,6-8,10,12,18,23,26,28-43H2,1-5H3/b11-9+,15-13+,16-14+,19-17+,22-20+,24-21+,27-25+/t44-/m1/s1. The average molecular weight is 804 g/mol. The number of allylic oxidation sites excluding steroid dienone is 14. The van der Waals surface area contributed by atoms with Crippen LogP contribution in [0.3, 0.4) is 0 Å². The summed E-state index contributed by atoms with van der Waals surface area (Å²) in [7, 11) is 1.12. The maximum atomic E-state index is 12.7. The topological polar surface area (TPSA) is 111 Å². The fourth-order valence-corrected chi connectivity index (χ4v) is 5.87. The quantitative estimate of drug-likeness (QED) is 0.0152. The van der Waals surface area contributed by atoms with Gasteiger partial charge < -0.3 is 27.9 Å². The number of esters is 2. The van der Waals surface area contributed by atoms with Gasteiger partial charge in [0.2, 0.25) is 0 Å². The summed E-state index contributed by atoms with van der Waals surface area (Å²) in [5.74, 6) is -0.897. The first-order chi connectivity index (χ1) is 27.0. The monoisotopic (exact) mass is 804 g/mol. The molecule has 0 saturated carbocycles. The van der Waals surface area contributed by atoms with E-state index in [9.17, 15) is 19.0 Å².